The maximum Gasteiger partial charge on any atom is 0.226 e. The molecular weight excluding hydrogens is 316 g/mol. The van der Waals surface area contributed by atoms with Crippen LogP contribution < -0.4 is 10.2 Å². The molecule has 1 fully saturated rings. The van der Waals surface area contributed by atoms with Crippen LogP contribution in [0.25, 0.3) is 0 Å². The second kappa shape index (κ2) is 9.22. The number of rotatable bonds is 7. The first-order valence-electron chi connectivity index (χ1n) is 8.69. The number of benzene rings is 1. The van der Waals surface area contributed by atoms with Crippen molar-refractivity contribution in [1.29, 1.82) is 0 Å². The molecule has 0 bridgehead atoms. The molecule has 0 radical (unpaired) electrons. The van der Waals surface area contributed by atoms with Gasteiger partial charge in [-0.15, -0.1) is 6.58 Å². The fourth-order valence-corrected chi connectivity index (χ4v) is 2.81. The molecule has 6 nitrogen and oxygen atoms in total. The van der Waals surface area contributed by atoms with E-state index in [0.717, 1.165) is 31.9 Å². The molecule has 1 aromatic carbocycles. The van der Waals surface area contributed by atoms with Crippen LogP contribution >= 0.6 is 0 Å². The van der Waals surface area contributed by atoms with E-state index in [2.05, 4.69) is 28.7 Å². The van der Waals surface area contributed by atoms with Gasteiger partial charge in [-0.05, 0) is 31.3 Å². The Morgan fingerprint density at radius 1 is 1.20 bits per heavy atom. The molecule has 1 N–H and O–H groups in total. The molecule has 0 saturated carbocycles. The Kier molecular flexibility index (Phi) is 7.01. The zero-order valence-electron chi connectivity index (χ0n) is 15.2. The van der Waals surface area contributed by atoms with Crippen LogP contribution in [0.1, 0.15) is 13.3 Å². The Bertz CT molecular complexity index is 592. The van der Waals surface area contributed by atoms with Crippen molar-refractivity contribution in [3.8, 4) is 0 Å². The van der Waals surface area contributed by atoms with Gasteiger partial charge in [-0.25, -0.2) is 0 Å². The predicted molar refractivity (Wildman–Crippen MR) is 102 cm³/mol. The van der Waals surface area contributed by atoms with Crippen molar-refractivity contribution in [2.75, 3.05) is 56.5 Å². The van der Waals surface area contributed by atoms with E-state index in [1.807, 2.05) is 24.3 Å². The van der Waals surface area contributed by atoms with Crippen molar-refractivity contribution in [2.45, 2.75) is 13.3 Å². The minimum atomic E-state index is -0.0948. The van der Waals surface area contributed by atoms with E-state index in [9.17, 15) is 9.59 Å². The maximum absolute atomic E-state index is 12.1. The van der Waals surface area contributed by atoms with E-state index in [4.69, 9.17) is 0 Å². The molecule has 1 aliphatic rings. The molecule has 1 aromatic rings. The highest BCUT2D eigenvalue weighted by atomic mass is 16.2. The van der Waals surface area contributed by atoms with Gasteiger partial charge in [-0.2, -0.15) is 0 Å². The highest BCUT2D eigenvalue weighted by Crippen LogP contribution is 2.19. The molecule has 2 amide bonds. The number of hydrogen-bond acceptors (Lipinski definition) is 4. The number of hydrogen-bond donors (Lipinski definition) is 1. The van der Waals surface area contributed by atoms with E-state index in [0.29, 0.717) is 13.1 Å². The van der Waals surface area contributed by atoms with Crippen LogP contribution in [-0.2, 0) is 9.59 Å². The van der Waals surface area contributed by atoms with Crippen molar-refractivity contribution in [2.24, 2.45) is 0 Å². The lowest BCUT2D eigenvalue weighted by Gasteiger charge is -2.34. The first-order valence-corrected chi connectivity index (χ1v) is 8.69. The highest BCUT2D eigenvalue weighted by molar-refractivity contribution is 5.91. The van der Waals surface area contributed by atoms with Crippen LogP contribution in [0.5, 0.6) is 0 Å². The summed E-state index contributed by atoms with van der Waals surface area (Å²) in [7, 11) is 2.14. The Balaban J connectivity index is 1.83. The lowest BCUT2D eigenvalue weighted by atomic mass is 10.2. The monoisotopic (exact) mass is 344 g/mol. The van der Waals surface area contributed by atoms with Gasteiger partial charge in [-0.3, -0.25) is 9.59 Å². The second-order valence-corrected chi connectivity index (χ2v) is 6.39. The molecule has 1 saturated heterocycles. The fraction of sp³-hybridized carbons (Fsp3) is 0.474. The average molecular weight is 344 g/mol. The van der Waals surface area contributed by atoms with Gasteiger partial charge in [0.1, 0.15) is 0 Å². The van der Waals surface area contributed by atoms with Crippen LogP contribution in [0.4, 0.5) is 11.4 Å². The van der Waals surface area contributed by atoms with Crippen LogP contribution in [0.15, 0.2) is 36.9 Å². The highest BCUT2D eigenvalue weighted by Gasteiger charge is 2.14. The number of nitrogens with zero attached hydrogens (tertiary/aromatic N) is 3. The summed E-state index contributed by atoms with van der Waals surface area (Å²) in [6.07, 6.45) is 1.93. The van der Waals surface area contributed by atoms with Gasteiger partial charge in [0.15, 0.2) is 0 Å². The van der Waals surface area contributed by atoms with Crippen molar-refractivity contribution in [1.82, 2.24) is 9.80 Å². The SMILES string of the molecule is C=CCN(CCC(=O)Nc1ccc(N2CCN(C)CC2)cc1)C(C)=O. The Labute approximate surface area is 150 Å². The van der Waals surface area contributed by atoms with E-state index in [1.165, 1.54) is 12.6 Å². The fourth-order valence-electron chi connectivity index (χ4n) is 2.81. The topological polar surface area (TPSA) is 55.9 Å². The Hall–Kier alpha value is -2.34. The molecule has 0 aromatic heterocycles. The van der Waals surface area contributed by atoms with E-state index >= 15 is 0 Å². The van der Waals surface area contributed by atoms with Crippen LogP contribution in [0.2, 0.25) is 0 Å². The van der Waals surface area contributed by atoms with Crippen molar-refractivity contribution < 1.29 is 9.59 Å². The summed E-state index contributed by atoms with van der Waals surface area (Å²) >= 11 is 0. The maximum atomic E-state index is 12.1. The minimum Gasteiger partial charge on any atom is -0.369 e. The molecule has 0 atom stereocenters. The largest absolute Gasteiger partial charge is 0.369 e. The summed E-state index contributed by atoms with van der Waals surface area (Å²) < 4.78 is 0. The zero-order chi connectivity index (χ0) is 18.2. The molecule has 1 heterocycles. The number of carbonyl (C=O) groups is 2. The zero-order valence-corrected chi connectivity index (χ0v) is 15.2. The van der Waals surface area contributed by atoms with Gasteiger partial charge in [0, 0.05) is 64.0 Å². The van der Waals surface area contributed by atoms with Gasteiger partial charge in [-0.1, -0.05) is 6.08 Å². The van der Waals surface area contributed by atoms with Gasteiger partial charge in [0.25, 0.3) is 0 Å². The number of amides is 2. The predicted octanol–water partition coefficient (Wildman–Crippen LogP) is 1.80. The number of anilines is 2. The van der Waals surface area contributed by atoms with Crippen molar-refractivity contribution in [3.05, 3.63) is 36.9 Å². The smallest absolute Gasteiger partial charge is 0.226 e. The van der Waals surface area contributed by atoms with Crippen molar-refractivity contribution in [3.63, 3.8) is 0 Å². The summed E-state index contributed by atoms with van der Waals surface area (Å²) in [6, 6.07) is 7.94. The van der Waals surface area contributed by atoms with Crippen LogP contribution in [0, 0.1) is 0 Å². The molecule has 136 valence electrons. The Morgan fingerprint density at radius 3 is 2.40 bits per heavy atom. The molecule has 1 aliphatic heterocycles. The first-order chi connectivity index (χ1) is 12.0. The molecule has 0 aliphatic carbocycles. The van der Waals surface area contributed by atoms with E-state index in [-0.39, 0.29) is 18.2 Å². The van der Waals surface area contributed by atoms with Gasteiger partial charge < -0.3 is 20.0 Å². The summed E-state index contributed by atoms with van der Waals surface area (Å²) in [4.78, 5) is 29.8. The summed E-state index contributed by atoms with van der Waals surface area (Å²) in [5.74, 6) is -0.146. The lowest BCUT2D eigenvalue weighted by molar-refractivity contribution is -0.128. The second-order valence-electron chi connectivity index (χ2n) is 6.39. The number of nitrogens with one attached hydrogen (secondary N) is 1. The van der Waals surface area contributed by atoms with Crippen LogP contribution in [-0.4, -0.2) is 67.9 Å². The normalized spacial score (nSPS) is 14.9. The standard InChI is InChI=1S/C19H28N4O2/c1-4-10-22(16(2)24)11-9-19(25)20-17-5-7-18(8-6-17)23-14-12-21(3)13-15-23/h4-8H,1,9-15H2,2-3H3,(H,20,25). The van der Waals surface area contributed by atoms with Gasteiger partial charge in [0.2, 0.25) is 11.8 Å². The van der Waals surface area contributed by atoms with Crippen molar-refractivity contribution >= 4 is 23.2 Å². The molecule has 0 spiro atoms. The third-order valence-corrected chi connectivity index (χ3v) is 4.42. The number of piperazine rings is 1. The molecule has 25 heavy (non-hydrogen) atoms. The van der Waals surface area contributed by atoms with Gasteiger partial charge in [0.05, 0.1) is 0 Å². The molecule has 2 rings (SSSR count). The summed E-state index contributed by atoms with van der Waals surface area (Å²) in [6.45, 7) is 10.2. The third kappa shape index (κ3) is 5.90. The summed E-state index contributed by atoms with van der Waals surface area (Å²) in [5, 5.41) is 2.89. The lowest BCUT2D eigenvalue weighted by Crippen LogP contribution is -2.44. The number of carbonyl (C=O) groups excluding carboxylic acids is 2. The van der Waals surface area contributed by atoms with E-state index in [1.54, 1.807) is 11.0 Å². The minimum absolute atomic E-state index is 0.0516. The van der Waals surface area contributed by atoms with Gasteiger partial charge >= 0.3 is 0 Å². The average Bonchev–Trinajstić information content (AvgIpc) is 2.60. The molecule has 6 heteroatoms. The third-order valence-electron chi connectivity index (χ3n) is 4.42. The first kappa shape index (κ1) is 19.0. The quantitative estimate of drug-likeness (QED) is 0.767. The molecule has 0 unspecified atom stereocenters. The van der Waals surface area contributed by atoms with E-state index < -0.39 is 0 Å². The van der Waals surface area contributed by atoms with Crippen LogP contribution in [0.3, 0.4) is 0 Å². The Morgan fingerprint density at radius 2 is 1.84 bits per heavy atom. The number of likely N-dealkylation sites (N-methyl/N-ethyl adjacent to an activating group) is 1. The summed E-state index contributed by atoms with van der Waals surface area (Å²) in [5.41, 5.74) is 1.96. The molecular formula is C19H28N4O2.